The Kier molecular flexibility index (Phi) is 3.42. The van der Waals surface area contributed by atoms with Crippen LogP contribution in [0, 0.1) is 6.92 Å². The molecule has 1 N–H and O–H groups in total. The number of ether oxygens (including phenoxy) is 1. The summed E-state index contributed by atoms with van der Waals surface area (Å²) in [5, 5.41) is 3.47. The van der Waals surface area contributed by atoms with E-state index in [1.807, 2.05) is 31.3 Å². The SMILES string of the molecule is Cc1ccc(Oc2ccncc2CNC2CC2)cn1. The summed E-state index contributed by atoms with van der Waals surface area (Å²) < 4.78 is 5.87. The highest BCUT2D eigenvalue weighted by molar-refractivity contribution is 5.35. The lowest BCUT2D eigenvalue weighted by Crippen LogP contribution is -2.15. The molecule has 1 aliphatic carbocycles. The Morgan fingerprint density at radius 1 is 1.26 bits per heavy atom. The molecule has 2 aromatic rings. The molecule has 2 heterocycles. The van der Waals surface area contributed by atoms with Crippen molar-refractivity contribution in [3.8, 4) is 11.5 Å². The summed E-state index contributed by atoms with van der Waals surface area (Å²) in [4.78, 5) is 8.40. The molecule has 0 unspecified atom stereocenters. The number of aromatic nitrogens is 2. The molecule has 0 aliphatic heterocycles. The summed E-state index contributed by atoms with van der Waals surface area (Å²) in [5.74, 6) is 1.60. The summed E-state index contributed by atoms with van der Waals surface area (Å²) in [6.07, 6.45) is 7.90. The van der Waals surface area contributed by atoms with Crippen molar-refractivity contribution in [2.45, 2.75) is 32.4 Å². The van der Waals surface area contributed by atoms with Crippen molar-refractivity contribution in [3.63, 3.8) is 0 Å². The lowest BCUT2D eigenvalue weighted by atomic mass is 10.2. The molecule has 1 fully saturated rings. The maximum Gasteiger partial charge on any atom is 0.145 e. The van der Waals surface area contributed by atoms with Gasteiger partial charge in [0.15, 0.2) is 0 Å². The van der Waals surface area contributed by atoms with Crippen LogP contribution in [0.1, 0.15) is 24.1 Å². The molecule has 0 aromatic carbocycles. The Bertz CT molecular complexity index is 550. The van der Waals surface area contributed by atoms with Crippen LogP contribution in [-0.4, -0.2) is 16.0 Å². The van der Waals surface area contributed by atoms with E-state index in [1.54, 1.807) is 12.4 Å². The molecule has 4 nitrogen and oxygen atoms in total. The van der Waals surface area contributed by atoms with Crippen LogP contribution < -0.4 is 10.1 Å². The van der Waals surface area contributed by atoms with Gasteiger partial charge < -0.3 is 10.1 Å². The highest BCUT2D eigenvalue weighted by atomic mass is 16.5. The van der Waals surface area contributed by atoms with Gasteiger partial charge in [0.2, 0.25) is 0 Å². The average Bonchev–Trinajstić information content (AvgIpc) is 3.25. The molecule has 0 bridgehead atoms. The highest BCUT2D eigenvalue weighted by Crippen LogP contribution is 2.25. The zero-order chi connectivity index (χ0) is 13.1. The van der Waals surface area contributed by atoms with Gasteiger partial charge in [-0.15, -0.1) is 0 Å². The number of hydrogen-bond donors (Lipinski definition) is 1. The zero-order valence-electron chi connectivity index (χ0n) is 11.0. The number of pyridine rings is 2. The smallest absolute Gasteiger partial charge is 0.145 e. The Morgan fingerprint density at radius 2 is 2.16 bits per heavy atom. The van der Waals surface area contributed by atoms with Gasteiger partial charge in [0.05, 0.1) is 6.20 Å². The molecule has 3 rings (SSSR count). The fraction of sp³-hybridized carbons (Fsp3) is 0.333. The fourth-order valence-corrected chi connectivity index (χ4v) is 1.83. The second-order valence-corrected chi connectivity index (χ2v) is 4.88. The third-order valence-corrected chi connectivity index (χ3v) is 3.13. The molecule has 4 heteroatoms. The number of aryl methyl sites for hydroxylation is 1. The molecule has 1 aliphatic rings. The van der Waals surface area contributed by atoms with E-state index in [-0.39, 0.29) is 0 Å². The monoisotopic (exact) mass is 255 g/mol. The summed E-state index contributed by atoms with van der Waals surface area (Å²) >= 11 is 0. The van der Waals surface area contributed by atoms with E-state index in [1.165, 1.54) is 12.8 Å². The normalized spacial score (nSPS) is 14.4. The minimum Gasteiger partial charge on any atom is -0.455 e. The molecule has 2 aromatic heterocycles. The average molecular weight is 255 g/mol. The Labute approximate surface area is 112 Å². The van der Waals surface area contributed by atoms with Gasteiger partial charge in [0, 0.05) is 36.2 Å². The van der Waals surface area contributed by atoms with Crippen LogP contribution in [0.15, 0.2) is 36.8 Å². The van der Waals surface area contributed by atoms with Gasteiger partial charge in [-0.1, -0.05) is 0 Å². The van der Waals surface area contributed by atoms with E-state index in [0.29, 0.717) is 6.04 Å². The third kappa shape index (κ3) is 3.29. The van der Waals surface area contributed by atoms with E-state index < -0.39 is 0 Å². The quantitative estimate of drug-likeness (QED) is 0.892. The molecule has 0 radical (unpaired) electrons. The summed E-state index contributed by atoms with van der Waals surface area (Å²) in [6.45, 7) is 2.76. The van der Waals surface area contributed by atoms with Crippen molar-refractivity contribution in [2.24, 2.45) is 0 Å². The zero-order valence-corrected chi connectivity index (χ0v) is 11.0. The molecule has 0 saturated heterocycles. The molecule has 19 heavy (non-hydrogen) atoms. The summed E-state index contributed by atoms with van der Waals surface area (Å²) in [6, 6.07) is 6.44. The molecule has 0 spiro atoms. The second kappa shape index (κ2) is 5.36. The van der Waals surface area contributed by atoms with Gasteiger partial charge in [-0.2, -0.15) is 0 Å². The molecule has 0 atom stereocenters. The Balaban J connectivity index is 1.73. The van der Waals surface area contributed by atoms with Gasteiger partial charge in [-0.05, 0) is 38.0 Å². The van der Waals surface area contributed by atoms with Crippen molar-refractivity contribution >= 4 is 0 Å². The number of rotatable bonds is 5. The van der Waals surface area contributed by atoms with Crippen molar-refractivity contribution in [3.05, 3.63) is 48.0 Å². The molecule has 0 amide bonds. The third-order valence-electron chi connectivity index (χ3n) is 3.13. The first-order valence-corrected chi connectivity index (χ1v) is 6.58. The maximum absolute atomic E-state index is 5.87. The van der Waals surface area contributed by atoms with Crippen LogP contribution >= 0.6 is 0 Å². The first-order valence-electron chi connectivity index (χ1n) is 6.58. The van der Waals surface area contributed by atoms with Crippen molar-refractivity contribution in [2.75, 3.05) is 0 Å². The first-order chi connectivity index (χ1) is 9.31. The summed E-state index contributed by atoms with van der Waals surface area (Å²) in [7, 11) is 0. The van der Waals surface area contributed by atoms with E-state index in [9.17, 15) is 0 Å². The van der Waals surface area contributed by atoms with E-state index in [4.69, 9.17) is 4.74 Å². The lowest BCUT2D eigenvalue weighted by Gasteiger charge is -2.11. The van der Waals surface area contributed by atoms with Gasteiger partial charge in [-0.3, -0.25) is 9.97 Å². The topological polar surface area (TPSA) is 47.0 Å². The maximum atomic E-state index is 5.87. The largest absolute Gasteiger partial charge is 0.455 e. The fourth-order valence-electron chi connectivity index (χ4n) is 1.83. The van der Waals surface area contributed by atoms with Gasteiger partial charge in [0.25, 0.3) is 0 Å². The number of nitrogens with one attached hydrogen (secondary N) is 1. The van der Waals surface area contributed by atoms with Crippen LogP contribution in [0.2, 0.25) is 0 Å². The van der Waals surface area contributed by atoms with Crippen molar-refractivity contribution in [1.82, 2.24) is 15.3 Å². The van der Waals surface area contributed by atoms with E-state index >= 15 is 0 Å². The number of nitrogens with zero attached hydrogens (tertiary/aromatic N) is 2. The predicted molar refractivity (Wildman–Crippen MR) is 73.1 cm³/mol. The Hall–Kier alpha value is -1.94. The van der Waals surface area contributed by atoms with Crippen LogP contribution in [0.3, 0.4) is 0 Å². The van der Waals surface area contributed by atoms with Crippen LogP contribution in [0.4, 0.5) is 0 Å². The summed E-state index contributed by atoms with van der Waals surface area (Å²) in [5.41, 5.74) is 2.06. The molecular weight excluding hydrogens is 238 g/mol. The minimum atomic E-state index is 0.675. The van der Waals surface area contributed by atoms with Gasteiger partial charge in [0.1, 0.15) is 11.5 Å². The van der Waals surface area contributed by atoms with Crippen molar-refractivity contribution in [1.29, 1.82) is 0 Å². The first kappa shape index (κ1) is 12.1. The standard InChI is InChI=1S/C15H17N3O/c1-11-2-5-14(10-17-11)19-15-6-7-16-8-12(15)9-18-13-3-4-13/h2,5-8,10,13,18H,3-4,9H2,1H3. The molecular formula is C15H17N3O. The van der Waals surface area contributed by atoms with Crippen LogP contribution in [0.5, 0.6) is 11.5 Å². The lowest BCUT2D eigenvalue weighted by molar-refractivity contribution is 0.469. The van der Waals surface area contributed by atoms with Crippen LogP contribution in [0.25, 0.3) is 0 Å². The van der Waals surface area contributed by atoms with E-state index in [0.717, 1.165) is 29.3 Å². The molecule has 98 valence electrons. The Morgan fingerprint density at radius 3 is 2.89 bits per heavy atom. The molecule has 1 saturated carbocycles. The minimum absolute atomic E-state index is 0.675. The number of hydrogen-bond acceptors (Lipinski definition) is 4. The highest BCUT2D eigenvalue weighted by Gasteiger charge is 2.20. The van der Waals surface area contributed by atoms with E-state index in [2.05, 4.69) is 15.3 Å². The van der Waals surface area contributed by atoms with Crippen molar-refractivity contribution < 1.29 is 4.74 Å². The second-order valence-electron chi connectivity index (χ2n) is 4.88. The van der Waals surface area contributed by atoms with Crippen LogP contribution in [-0.2, 0) is 6.54 Å². The van der Waals surface area contributed by atoms with Gasteiger partial charge >= 0.3 is 0 Å². The predicted octanol–water partition coefficient (Wildman–Crippen LogP) is 2.83. The van der Waals surface area contributed by atoms with Gasteiger partial charge in [-0.25, -0.2) is 0 Å².